The number of rotatable bonds is 6. The first-order valence-corrected chi connectivity index (χ1v) is 10.1. The standard InChI is InChI=1S/C21H20N2O3S2/c1-3-14(2)26-17-12-8-7-11-16(17)13-18-20(25)23(21(27)28-18)22-19(24)15-9-5-4-6-10-15/h4-14H,3H2,1-2H3,(H,22,24)/b18-13+/t14-/m1/s1. The van der Waals surface area contributed by atoms with Crippen molar-refractivity contribution in [3.63, 3.8) is 0 Å². The molecular formula is C21H20N2O3S2. The molecular weight excluding hydrogens is 392 g/mol. The fraction of sp³-hybridized carbons (Fsp3) is 0.190. The summed E-state index contributed by atoms with van der Waals surface area (Å²) in [6.07, 6.45) is 2.68. The van der Waals surface area contributed by atoms with Crippen LogP contribution in [0, 0.1) is 0 Å². The highest BCUT2D eigenvalue weighted by Crippen LogP contribution is 2.33. The number of thiocarbonyl (C=S) groups is 1. The van der Waals surface area contributed by atoms with E-state index in [1.807, 2.05) is 44.2 Å². The number of thioether (sulfide) groups is 1. The van der Waals surface area contributed by atoms with Crippen LogP contribution in [0.25, 0.3) is 6.08 Å². The van der Waals surface area contributed by atoms with E-state index in [4.69, 9.17) is 17.0 Å². The van der Waals surface area contributed by atoms with E-state index in [1.54, 1.807) is 30.3 Å². The molecule has 144 valence electrons. The number of amides is 2. The van der Waals surface area contributed by atoms with Crippen LogP contribution in [-0.2, 0) is 4.79 Å². The number of ether oxygens (including phenoxy) is 1. The van der Waals surface area contributed by atoms with Gasteiger partial charge >= 0.3 is 0 Å². The Bertz CT molecular complexity index is 928. The van der Waals surface area contributed by atoms with Crippen molar-refractivity contribution in [3.05, 3.63) is 70.6 Å². The molecule has 2 amide bonds. The van der Waals surface area contributed by atoms with Gasteiger partial charge in [-0.15, -0.1) is 0 Å². The second kappa shape index (κ2) is 9.03. The molecule has 3 rings (SSSR count). The van der Waals surface area contributed by atoms with Gasteiger partial charge in [0.2, 0.25) is 0 Å². The summed E-state index contributed by atoms with van der Waals surface area (Å²) >= 11 is 6.43. The Morgan fingerprint density at radius 2 is 1.89 bits per heavy atom. The van der Waals surface area contributed by atoms with Gasteiger partial charge in [-0.1, -0.05) is 55.1 Å². The minimum atomic E-state index is -0.390. The van der Waals surface area contributed by atoms with Crippen LogP contribution in [0.3, 0.4) is 0 Å². The summed E-state index contributed by atoms with van der Waals surface area (Å²) in [6, 6.07) is 16.2. The Morgan fingerprint density at radius 3 is 2.61 bits per heavy atom. The van der Waals surface area contributed by atoms with Crippen LogP contribution >= 0.6 is 24.0 Å². The van der Waals surface area contributed by atoms with Crippen LogP contribution in [0.1, 0.15) is 36.2 Å². The molecule has 1 saturated heterocycles. The zero-order valence-electron chi connectivity index (χ0n) is 15.5. The predicted octanol–water partition coefficient (Wildman–Crippen LogP) is 4.41. The number of hydrogen-bond donors (Lipinski definition) is 1. The zero-order valence-corrected chi connectivity index (χ0v) is 17.2. The number of benzene rings is 2. The average Bonchev–Trinajstić information content (AvgIpc) is 2.97. The number of hydrogen-bond acceptors (Lipinski definition) is 5. The topological polar surface area (TPSA) is 58.6 Å². The van der Waals surface area contributed by atoms with Gasteiger partial charge in [0.25, 0.3) is 11.8 Å². The molecule has 0 radical (unpaired) electrons. The first-order valence-electron chi connectivity index (χ1n) is 8.89. The molecule has 0 spiro atoms. The van der Waals surface area contributed by atoms with E-state index >= 15 is 0 Å². The van der Waals surface area contributed by atoms with Crippen molar-refractivity contribution < 1.29 is 14.3 Å². The molecule has 7 heteroatoms. The number of carbonyl (C=O) groups is 2. The van der Waals surface area contributed by atoms with Crippen LogP contribution in [0.2, 0.25) is 0 Å². The third-order valence-electron chi connectivity index (χ3n) is 4.15. The Labute approximate surface area is 173 Å². The molecule has 2 aromatic carbocycles. The molecule has 5 nitrogen and oxygen atoms in total. The molecule has 0 unspecified atom stereocenters. The van der Waals surface area contributed by atoms with Crippen molar-refractivity contribution in [1.82, 2.24) is 10.4 Å². The predicted molar refractivity (Wildman–Crippen MR) is 116 cm³/mol. The molecule has 2 aromatic rings. The highest BCUT2D eigenvalue weighted by atomic mass is 32.2. The first kappa shape index (κ1) is 20.1. The SMILES string of the molecule is CC[C@@H](C)Oc1ccccc1/C=C1/SC(=S)N(NC(=O)c2ccccc2)C1=O. The van der Waals surface area contributed by atoms with Crippen molar-refractivity contribution >= 4 is 46.2 Å². The maximum atomic E-state index is 12.8. The molecule has 0 aliphatic carbocycles. The third kappa shape index (κ3) is 4.61. The summed E-state index contributed by atoms with van der Waals surface area (Å²) in [5.74, 6) is -0.0493. The molecule has 1 fully saturated rings. The van der Waals surface area contributed by atoms with Crippen LogP contribution in [0.4, 0.5) is 0 Å². The van der Waals surface area contributed by atoms with Gasteiger partial charge in [0.05, 0.1) is 11.0 Å². The fourth-order valence-electron chi connectivity index (χ4n) is 2.47. The molecule has 1 atom stereocenters. The normalized spacial score (nSPS) is 16.4. The minimum Gasteiger partial charge on any atom is -0.490 e. The Kier molecular flexibility index (Phi) is 6.49. The van der Waals surface area contributed by atoms with E-state index < -0.39 is 5.91 Å². The van der Waals surface area contributed by atoms with Crippen molar-refractivity contribution in [1.29, 1.82) is 0 Å². The molecule has 1 N–H and O–H groups in total. The second-order valence-corrected chi connectivity index (χ2v) is 7.87. The maximum Gasteiger partial charge on any atom is 0.285 e. The van der Waals surface area contributed by atoms with Crippen molar-refractivity contribution in [3.8, 4) is 5.75 Å². The summed E-state index contributed by atoms with van der Waals surface area (Å²) in [5.41, 5.74) is 3.82. The molecule has 1 aliphatic heterocycles. The van der Waals surface area contributed by atoms with Gasteiger partial charge in [0, 0.05) is 11.1 Å². The van der Waals surface area contributed by atoms with Gasteiger partial charge in [-0.2, -0.15) is 5.01 Å². The highest BCUT2D eigenvalue weighted by molar-refractivity contribution is 8.26. The third-order valence-corrected chi connectivity index (χ3v) is 5.45. The zero-order chi connectivity index (χ0) is 20.1. The Balaban J connectivity index is 1.79. The van der Waals surface area contributed by atoms with E-state index in [9.17, 15) is 9.59 Å². The van der Waals surface area contributed by atoms with Gasteiger partial charge in [-0.05, 0) is 49.8 Å². The van der Waals surface area contributed by atoms with Crippen molar-refractivity contribution in [2.24, 2.45) is 0 Å². The lowest BCUT2D eigenvalue weighted by Gasteiger charge is -2.16. The van der Waals surface area contributed by atoms with Crippen LogP contribution in [0.15, 0.2) is 59.5 Å². The summed E-state index contributed by atoms with van der Waals surface area (Å²) in [5, 5.41) is 1.11. The molecule has 1 heterocycles. The monoisotopic (exact) mass is 412 g/mol. The molecule has 1 aliphatic rings. The van der Waals surface area contributed by atoms with Crippen molar-refractivity contribution in [2.45, 2.75) is 26.4 Å². The lowest BCUT2D eigenvalue weighted by molar-refractivity contribution is -0.123. The lowest BCUT2D eigenvalue weighted by Crippen LogP contribution is -2.44. The molecule has 0 saturated carbocycles. The largest absolute Gasteiger partial charge is 0.490 e. The quantitative estimate of drug-likeness (QED) is 0.563. The smallest absolute Gasteiger partial charge is 0.285 e. The number of nitrogens with one attached hydrogen (secondary N) is 1. The van der Waals surface area contributed by atoms with Gasteiger partial charge in [-0.25, -0.2) is 0 Å². The summed E-state index contributed by atoms with van der Waals surface area (Å²) in [4.78, 5) is 25.6. The van der Waals surface area contributed by atoms with E-state index in [-0.39, 0.29) is 16.3 Å². The summed E-state index contributed by atoms with van der Waals surface area (Å²) in [7, 11) is 0. The number of para-hydroxylation sites is 1. The first-order chi connectivity index (χ1) is 13.5. The minimum absolute atomic E-state index is 0.0641. The maximum absolute atomic E-state index is 12.8. The fourth-order valence-corrected chi connectivity index (χ4v) is 3.64. The highest BCUT2D eigenvalue weighted by Gasteiger charge is 2.34. The average molecular weight is 413 g/mol. The second-order valence-electron chi connectivity index (χ2n) is 6.20. The van der Waals surface area contributed by atoms with Gasteiger partial charge < -0.3 is 4.74 Å². The molecule has 0 bridgehead atoms. The van der Waals surface area contributed by atoms with E-state index in [1.165, 1.54) is 0 Å². The summed E-state index contributed by atoms with van der Waals surface area (Å²) in [6.45, 7) is 4.04. The van der Waals surface area contributed by atoms with E-state index in [0.717, 1.165) is 28.8 Å². The van der Waals surface area contributed by atoms with Crippen LogP contribution < -0.4 is 10.2 Å². The lowest BCUT2D eigenvalue weighted by atomic mass is 10.1. The van der Waals surface area contributed by atoms with Crippen LogP contribution in [-0.4, -0.2) is 27.2 Å². The number of carbonyl (C=O) groups excluding carboxylic acids is 2. The van der Waals surface area contributed by atoms with Crippen LogP contribution in [0.5, 0.6) is 5.75 Å². The van der Waals surface area contributed by atoms with Gasteiger partial charge in [-0.3, -0.25) is 15.0 Å². The molecule has 0 aromatic heterocycles. The van der Waals surface area contributed by atoms with Gasteiger partial charge in [0.15, 0.2) is 4.32 Å². The Morgan fingerprint density at radius 1 is 1.21 bits per heavy atom. The number of hydrazine groups is 1. The number of nitrogens with zero attached hydrogens (tertiary/aromatic N) is 1. The molecule has 28 heavy (non-hydrogen) atoms. The Hall–Kier alpha value is -2.64. The van der Waals surface area contributed by atoms with E-state index in [0.29, 0.717) is 16.2 Å². The van der Waals surface area contributed by atoms with Gasteiger partial charge in [0.1, 0.15) is 5.75 Å². The van der Waals surface area contributed by atoms with Crippen molar-refractivity contribution in [2.75, 3.05) is 0 Å². The summed E-state index contributed by atoms with van der Waals surface area (Å²) < 4.78 is 6.21. The van der Waals surface area contributed by atoms with E-state index in [2.05, 4.69) is 5.43 Å².